The Hall–Kier alpha value is -3.21. The molecule has 2 aliphatic carbocycles. The molecule has 1 aromatic carbocycles. The van der Waals surface area contributed by atoms with Gasteiger partial charge in [-0.25, -0.2) is 17.9 Å². The second-order valence-electron chi connectivity index (χ2n) is 12.0. The number of rotatable bonds is 11. The standard InChI is InChI=1S/C30H43N3O7S/c1-6-12-24(31-28(37)40-29(3,4)5)25(34)20-13-11-14-21(18-17-20)26(35)32-30(19-22(30)7-2)27(36)33-41(38,39)23-15-9-8-10-16-23/h7-10,15-16,20-22,24H,2,6,11-14,17-19H2,1,3-5H3,(H,31,37)(H,32,35)(H,33,36). The van der Waals surface area contributed by atoms with Crippen LogP contribution < -0.4 is 15.4 Å². The number of ether oxygens (including phenoxy) is 1. The van der Waals surface area contributed by atoms with Gasteiger partial charge in [-0.05, 0) is 71.4 Å². The van der Waals surface area contributed by atoms with Gasteiger partial charge in [0.05, 0.1) is 10.9 Å². The Morgan fingerprint density at radius 1 is 1.07 bits per heavy atom. The predicted molar refractivity (Wildman–Crippen MR) is 154 cm³/mol. The first-order valence-corrected chi connectivity index (χ1v) is 15.8. The topological polar surface area (TPSA) is 148 Å². The zero-order chi connectivity index (χ0) is 30.4. The van der Waals surface area contributed by atoms with Crippen LogP contribution in [0.1, 0.15) is 79.1 Å². The second-order valence-corrected chi connectivity index (χ2v) is 13.7. The summed E-state index contributed by atoms with van der Waals surface area (Å²) in [5, 5.41) is 5.56. The number of ketones is 1. The van der Waals surface area contributed by atoms with E-state index in [1.165, 1.54) is 12.1 Å². The summed E-state index contributed by atoms with van der Waals surface area (Å²) in [5.41, 5.74) is -2.06. The van der Waals surface area contributed by atoms with Gasteiger partial charge in [0.1, 0.15) is 11.1 Å². The first-order valence-electron chi connectivity index (χ1n) is 14.3. The second kappa shape index (κ2) is 13.2. The zero-order valence-corrected chi connectivity index (χ0v) is 25.2. The lowest BCUT2D eigenvalue weighted by atomic mass is 9.89. The third-order valence-corrected chi connectivity index (χ3v) is 9.03. The van der Waals surface area contributed by atoms with Crippen molar-refractivity contribution in [2.24, 2.45) is 17.8 Å². The van der Waals surface area contributed by atoms with Gasteiger partial charge in [0.25, 0.3) is 15.9 Å². The molecule has 1 aromatic rings. The van der Waals surface area contributed by atoms with Crippen molar-refractivity contribution < 1.29 is 32.3 Å². The highest BCUT2D eigenvalue weighted by molar-refractivity contribution is 7.90. The molecule has 0 aromatic heterocycles. The molecule has 2 fully saturated rings. The molecule has 0 saturated heterocycles. The Kier molecular flexibility index (Phi) is 10.4. The van der Waals surface area contributed by atoms with Gasteiger partial charge in [0, 0.05) is 17.8 Å². The Bertz CT molecular complexity index is 1240. The minimum atomic E-state index is -4.11. The van der Waals surface area contributed by atoms with E-state index in [1.807, 2.05) is 6.92 Å². The Morgan fingerprint density at radius 2 is 1.71 bits per heavy atom. The molecule has 3 N–H and O–H groups in total. The summed E-state index contributed by atoms with van der Waals surface area (Å²) in [6.45, 7) is 10.9. The third kappa shape index (κ3) is 8.40. The SMILES string of the molecule is C=CC1CC1(NC(=O)C1CCCC(C(=O)C(CCC)NC(=O)OC(C)(C)C)CC1)C(=O)NS(=O)(=O)c1ccccc1. The summed E-state index contributed by atoms with van der Waals surface area (Å²) in [4.78, 5) is 52.2. The molecule has 11 heteroatoms. The Morgan fingerprint density at radius 3 is 2.29 bits per heavy atom. The number of benzene rings is 1. The lowest BCUT2D eigenvalue weighted by Crippen LogP contribution is -2.53. The van der Waals surface area contributed by atoms with Crippen molar-refractivity contribution >= 4 is 33.7 Å². The molecule has 2 aliphatic rings. The van der Waals surface area contributed by atoms with Crippen LogP contribution in [0, 0.1) is 17.8 Å². The van der Waals surface area contributed by atoms with Crippen LogP contribution in [0.5, 0.6) is 0 Å². The average Bonchev–Trinajstić information content (AvgIpc) is 3.66. The summed E-state index contributed by atoms with van der Waals surface area (Å²) in [6, 6.07) is 6.89. The number of alkyl carbamates (subject to hydrolysis) is 1. The van der Waals surface area contributed by atoms with E-state index < -0.39 is 51.0 Å². The highest BCUT2D eigenvalue weighted by atomic mass is 32.2. The van der Waals surface area contributed by atoms with Crippen LogP contribution in [-0.4, -0.2) is 49.3 Å². The van der Waals surface area contributed by atoms with Gasteiger partial charge in [-0.3, -0.25) is 14.4 Å². The molecule has 41 heavy (non-hydrogen) atoms. The zero-order valence-electron chi connectivity index (χ0n) is 24.4. The fourth-order valence-electron chi connectivity index (χ4n) is 5.38. The number of Topliss-reactive ketones (excluding diaryl/α,β-unsaturated/α-hetero) is 1. The van der Waals surface area contributed by atoms with E-state index in [4.69, 9.17) is 4.74 Å². The Labute approximate surface area is 243 Å². The molecule has 3 amide bonds. The first kappa shape index (κ1) is 32.3. The number of nitrogens with one attached hydrogen (secondary N) is 3. The van der Waals surface area contributed by atoms with Crippen molar-refractivity contribution in [1.82, 2.24) is 15.4 Å². The molecule has 0 aliphatic heterocycles. The van der Waals surface area contributed by atoms with Crippen molar-refractivity contribution in [2.45, 2.75) is 101 Å². The van der Waals surface area contributed by atoms with E-state index >= 15 is 0 Å². The third-order valence-electron chi connectivity index (χ3n) is 7.68. The lowest BCUT2D eigenvalue weighted by molar-refractivity contribution is -0.132. The molecule has 226 valence electrons. The molecular formula is C30H43N3O7S. The van der Waals surface area contributed by atoms with E-state index in [-0.39, 0.29) is 28.9 Å². The van der Waals surface area contributed by atoms with Crippen LogP contribution >= 0.6 is 0 Å². The molecule has 5 atom stereocenters. The number of sulfonamides is 1. The molecule has 0 heterocycles. The van der Waals surface area contributed by atoms with Gasteiger partial charge >= 0.3 is 6.09 Å². The van der Waals surface area contributed by atoms with Crippen LogP contribution in [0.4, 0.5) is 4.79 Å². The normalized spacial score (nSPS) is 25.1. The maximum atomic E-state index is 13.4. The van der Waals surface area contributed by atoms with Gasteiger partial charge < -0.3 is 15.4 Å². The van der Waals surface area contributed by atoms with Gasteiger partial charge in [-0.15, -0.1) is 6.58 Å². The van der Waals surface area contributed by atoms with Crippen LogP contribution in [0.2, 0.25) is 0 Å². The molecular weight excluding hydrogens is 546 g/mol. The largest absolute Gasteiger partial charge is 0.444 e. The van der Waals surface area contributed by atoms with E-state index in [0.717, 1.165) is 0 Å². The lowest BCUT2D eigenvalue weighted by Gasteiger charge is -2.25. The molecule has 2 saturated carbocycles. The van der Waals surface area contributed by atoms with Gasteiger partial charge in [0.2, 0.25) is 5.91 Å². The van der Waals surface area contributed by atoms with Crippen LogP contribution in [0.15, 0.2) is 47.9 Å². The van der Waals surface area contributed by atoms with Crippen molar-refractivity contribution in [3.05, 3.63) is 43.0 Å². The monoisotopic (exact) mass is 589 g/mol. The predicted octanol–water partition coefficient (Wildman–Crippen LogP) is 4.01. The van der Waals surface area contributed by atoms with Crippen molar-refractivity contribution in [2.75, 3.05) is 0 Å². The highest BCUT2D eigenvalue weighted by Crippen LogP contribution is 2.45. The minimum Gasteiger partial charge on any atom is -0.444 e. The van der Waals surface area contributed by atoms with Gasteiger partial charge in [0.15, 0.2) is 5.78 Å². The van der Waals surface area contributed by atoms with Crippen LogP contribution in [-0.2, 0) is 29.1 Å². The minimum absolute atomic E-state index is 0.0485. The average molecular weight is 590 g/mol. The molecule has 3 rings (SSSR count). The number of amides is 3. The van der Waals surface area contributed by atoms with E-state index in [2.05, 4.69) is 21.9 Å². The van der Waals surface area contributed by atoms with E-state index in [1.54, 1.807) is 45.0 Å². The van der Waals surface area contributed by atoms with E-state index in [9.17, 15) is 27.6 Å². The number of hydrogen-bond acceptors (Lipinski definition) is 7. The summed E-state index contributed by atoms with van der Waals surface area (Å²) >= 11 is 0. The summed E-state index contributed by atoms with van der Waals surface area (Å²) in [5.74, 6) is -2.34. The smallest absolute Gasteiger partial charge is 0.408 e. The van der Waals surface area contributed by atoms with Gasteiger partial charge in [-0.2, -0.15) is 0 Å². The van der Waals surface area contributed by atoms with E-state index in [0.29, 0.717) is 44.9 Å². The first-order chi connectivity index (χ1) is 19.2. The summed E-state index contributed by atoms with van der Waals surface area (Å²) < 4.78 is 32.9. The number of hydrogen-bond donors (Lipinski definition) is 3. The summed E-state index contributed by atoms with van der Waals surface area (Å²) in [7, 11) is -4.11. The highest BCUT2D eigenvalue weighted by Gasteiger charge is 2.60. The molecule has 0 spiro atoms. The van der Waals surface area contributed by atoms with Crippen LogP contribution in [0.3, 0.4) is 0 Å². The molecule has 10 nitrogen and oxygen atoms in total. The fraction of sp³-hybridized carbons (Fsp3) is 0.600. The van der Waals surface area contributed by atoms with Crippen molar-refractivity contribution in [3.8, 4) is 0 Å². The maximum absolute atomic E-state index is 13.4. The molecule has 0 radical (unpaired) electrons. The summed E-state index contributed by atoms with van der Waals surface area (Å²) in [6.07, 6.45) is 5.03. The quantitative estimate of drug-likeness (QED) is 0.261. The number of carbonyl (C=O) groups excluding carboxylic acids is 4. The van der Waals surface area contributed by atoms with Crippen molar-refractivity contribution in [3.63, 3.8) is 0 Å². The Balaban J connectivity index is 1.63. The molecule has 5 unspecified atom stereocenters. The molecule has 0 bridgehead atoms. The maximum Gasteiger partial charge on any atom is 0.408 e. The van der Waals surface area contributed by atoms with Gasteiger partial charge in [-0.1, -0.05) is 44.0 Å². The van der Waals surface area contributed by atoms with Crippen LogP contribution in [0.25, 0.3) is 0 Å². The number of carbonyl (C=O) groups is 4. The van der Waals surface area contributed by atoms with Crippen molar-refractivity contribution in [1.29, 1.82) is 0 Å². The fourth-order valence-corrected chi connectivity index (χ4v) is 6.44.